The van der Waals surface area contributed by atoms with Gasteiger partial charge >= 0.3 is 18.0 Å². The first-order chi connectivity index (χ1) is 23.9. The van der Waals surface area contributed by atoms with E-state index in [0.717, 1.165) is 5.56 Å². The van der Waals surface area contributed by atoms with Gasteiger partial charge in [0.25, 0.3) is 0 Å². The molecule has 13 nitrogen and oxygen atoms in total. The molecule has 0 aliphatic carbocycles. The maximum Gasteiger partial charge on any atom is 0.407 e. The summed E-state index contributed by atoms with van der Waals surface area (Å²) in [4.78, 5) is 71.5. The second-order valence-electron chi connectivity index (χ2n) is 15.4. The Morgan fingerprint density at radius 2 is 1.16 bits per heavy atom. The van der Waals surface area contributed by atoms with Crippen molar-refractivity contribution in [2.45, 2.75) is 98.5 Å². The summed E-state index contributed by atoms with van der Waals surface area (Å²) in [5, 5.41) is 2.79. The van der Waals surface area contributed by atoms with Gasteiger partial charge in [-0.1, -0.05) is 30.3 Å². The van der Waals surface area contributed by atoms with Crippen LogP contribution in [0.15, 0.2) is 30.3 Å². The van der Waals surface area contributed by atoms with E-state index in [0.29, 0.717) is 78.2 Å². The van der Waals surface area contributed by atoms with Gasteiger partial charge in [-0.25, -0.2) is 4.79 Å². The van der Waals surface area contributed by atoms with Gasteiger partial charge in [0.2, 0.25) is 0 Å². The van der Waals surface area contributed by atoms with Gasteiger partial charge in [0.15, 0.2) is 0 Å². The van der Waals surface area contributed by atoms with E-state index in [1.54, 1.807) is 13.8 Å². The number of ether oxygens (including phenoxy) is 3. The number of hydrogen-bond acceptors (Lipinski definition) is 12. The quantitative estimate of drug-likeness (QED) is 0.161. The molecule has 1 amide bonds. The molecule has 1 aromatic rings. The number of Topliss-reactive ketones (excluding diaryl/α,β-unsaturated/α-hetero) is 2. The molecule has 0 radical (unpaired) electrons. The highest BCUT2D eigenvalue weighted by molar-refractivity contribution is 5.81. The molecule has 1 heterocycles. The fraction of sp³-hybridized carbons (Fsp3) is 0.711. The van der Waals surface area contributed by atoms with Crippen LogP contribution in [0, 0.1) is 0 Å². The van der Waals surface area contributed by atoms with E-state index in [1.807, 2.05) is 81.7 Å². The minimum absolute atomic E-state index is 0.0359. The Morgan fingerprint density at radius 1 is 0.686 bits per heavy atom. The van der Waals surface area contributed by atoms with Crippen LogP contribution in [-0.4, -0.2) is 145 Å². The van der Waals surface area contributed by atoms with Crippen LogP contribution in [-0.2, 0) is 40.0 Å². The molecule has 1 aliphatic heterocycles. The third-order valence-corrected chi connectivity index (χ3v) is 8.16. The molecule has 51 heavy (non-hydrogen) atoms. The first kappa shape index (κ1) is 43.8. The van der Waals surface area contributed by atoms with Crippen LogP contribution in [0.5, 0.6) is 0 Å². The summed E-state index contributed by atoms with van der Waals surface area (Å²) in [7, 11) is 0. The number of benzene rings is 1. The molecular weight excluding hydrogens is 654 g/mol. The molecule has 1 aromatic carbocycles. The molecule has 0 spiro atoms. The number of alkyl carbamates (subject to hydrolysis) is 1. The molecular formula is C38H63N5O8. The lowest BCUT2D eigenvalue weighted by atomic mass is 10.0. The average molecular weight is 718 g/mol. The third-order valence-electron chi connectivity index (χ3n) is 8.16. The fourth-order valence-electron chi connectivity index (χ4n) is 5.84. The summed E-state index contributed by atoms with van der Waals surface area (Å²) in [6, 6.07) is 9.10. The molecule has 0 bridgehead atoms. The smallest absolute Gasteiger partial charge is 0.407 e. The minimum Gasteiger partial charge on any atom is -0.459 e. The van der Waals surface area contributed by atoms with E-state index < -0.39 is 17.3 Å². The number of ketones is 2. The van der Waals surface area contributed by atoms with Gasteiger partial charge in [0.1, 0.15) is 29.4 Å². The number of carbonyl (C=O) groups excluding carboxylic acids is 5. The van der Waals surface area contributed by atoms with Crippen LogP contribution in [0.3, 0.4) is 0 Å². The van der Waals surface area contributed by atoms with Gasteiger partial charge in [-0.2, -0.15) is 0 Å². The highest BCUT2D eigenvalue weighted by Gasteiger charge is 2.27. The maximum absolute atomic E-state index is 13.1. The fourth-order valence-corrected chi connectivity index (χ4v) is 5.84. The van der Waals surface area contributed by atoms with Gasteiger partial charge in [0.05, 0.1) is 25.7 Å². The Morgan fingerprint density at radius 3 is 1.61 bits per heavy atom. The number of amides is 1. The molecule has 288 valence electrons. The van der Waals surface area contributed by atoms with Gasteiger partial charge in [-0.15, -0.1) is 0 Å². The summed E-state index contributed by atoms with van der Waals surface area (Å²) < 4.78 is 16.5. The second kappa shape index (κ2) is 21.9. The molecule has 2 rings (SSSR count). The topological polar surface area (TPSA) is 138 Å². The van der Waals surface area contributed by atoms with Crippen molar-refractivity contribution < 1.29 is 38.2 Å². The Bertz CT molecular complexity index is 1250. The van der Waals surface area contributed by atoms with Crippen molar-refractivity contribution in [2.24, 2.45) is 0 Å². The third kappa shape index (κ3) is 20.3. The summed E-state index contributed by atoms with van der Waals surface area (Å²) in [6.07, 6.45) is 1.49. The Balaban J connectivity index is 2.14. The minimum atomic E-state index is -0.633. The highest BCUT2D eigenvalue weighted by Crippen LogP contribution is 2.14. The van der Waals surface area contributed by atoms with Crippen molar-refractivity contribution in [3.05, 3.63) is 35.9 Å². The standard InChI is InChI=1S/C38H63N5O8/c1-30(44)26-40-18-19-41(27-34(46)50-37(3,4)5)20-21-42(28-35(47)51-38(6,7)8)23-25-43(24-22-40)33(31(2)45)16-12-13-17-39-36(48)49-29-32-14-10-9-11-15-32/h9-11,14-15,33H,12-13,16-29H2,1-8H3,(H,39,48). The van der Waals surface area contributed by atoms with Crippen LogP contribution in [0.2, 0.25) is 0 Å². The van der Waals surface area contributed by atoms with Crippen molar-refractivity contribution in [1.82, 2.24) is 24.9 Å². The summed E-state index contributed by atoms with van der Waals surface area (Å²) in [6.45, 7) is 19.3. The first-order valence-corrected chi connectivity index (χ1v) is 18.2. The van der Waals surface area contributed by atoms with Crippen LogP contribution in [0.4, 0.5) is 4.79 Å². The molecule has 1 fully saturated rings. The Labute approximate surface area is 305 Å². The van der Waals surface area contributed by atoms with Crippen molar-refractivity contribution in [1.29, 1.82) is 0 Å². The molecule has 1 unspecified atom stereocenters. The Kier molecular flexibility index (Phi) is 18.8. The number of nitrogens with one attached hydrogen (secondary N) is 1. The first-order valence-electron chi connectivity index (χ1n) is 18.2. The van der Waals surface area contributed by atoms with E-state index in [-0.39, 0.29) is 55.8 Å². The number of nitrogens with zero attached hydrogens (tertiary/aromatic N) is 4. The van der Waals surface area contributed by atoms with Gasteiger partial charge in [0, 0.05) is 58.9 Å². The van der Waals surface area contributed by atoms with Crippen LogP contribution in [0.25, 0.3) is 0 Å². The molecule has 1 N–H and O–H groups in total. The number of rotatable bonds is 15. The molecule has 1 aliphatic rings. The molecule has 0 aromatic heterocycles. The number of carbonyl (C=O) groups is 5. The van der Waals surface area contributed by atoms with Crippen LogP contribution < -0.4 is 5.32 Å². The molecule has 13 heteroatoms. The zero-order valence-electron chi connectivity index (χ0n) is 32.3. The van der Waals surface area contributed by atoms with Crippen molar-refractivity contribution in [3.63, 3.8) is 0 Å². The second-order valence-corrected chi connectivity index (χ2v) is 15.4. The number of hydrogen-bond donors (Lipinski definition) is 1. The zero-order chi connectivity index (χ0) is 38.0. The van der Waals surface area contributed by atoms with Crippen molar-refractivity contribution in [2.75, 3.05) is 78.5 Å². The number of esters is 2. The van der Waals surface area contributed by atoms with E-state index in [9.17, 15) is 24.0 Å². The Hall–Kier alpha value is -3.39. The van der Waals surface area contributed by atoms with Crippen molar-refractivity contribution in [3.8, 4) is 0 Å². The van der Waals surface area contributed by atoms with Crippen LogP contribution >= 0.6 is 0 Å². The van der Waals surface area contributed by atoms with Crippen LogP contribution in [0.1, 0.15) is 80.2 Å². The van der Waals surface area contributed by atoms with E-state index in [4.69, 9.17) is 14.2 Å². The maximum atomic E-state index is 13.1. The van der Waals surface area contributed by atoms with Gasteiger partial charge in [-0.05, 0) is 80.2 Å². The molecule has 1 saturated heterocycles. The monoisotopic (exact) mass is 717 g/mol. The summed E-state index contributed by atoms with van der Waals surface area (Å²) in [5.74, 6) is -0.599. The molecule has 1 atom stereocenters. The van der Waals surface area contributed by atoms with E-state index in [2.05, 4.69) is 15.1 Å². The van der Waals surface area contributed by atoms with E-state index in [1.165, 1.54) is 0 Å². The lowest BCUT2D eigenvalue weighted by Gasteiger charge is -2.36. The van der Waals surface area contributed by atoms with Crippen molar-refractivity contribution >= 4 is 29.6 Å². The van der Waals surface area contributed by atoms with E-state index >= 15 is 0 Å². The van der Waals surface area contributed by atoms with Gasteiger partial charge in [-0.3, -0.25) is 38.8 Å². The molecule has 0 saturated carbocycles. The highest BCUT2D eigenvalue weighted by atomic mass is 16.6. The van der Waals surface area contributed by atoms with Gasteiger partial charge < -0.3 is 19.5 Å². The average Bonchev–Trinajstić information content (AvgIpc) is 3.00. The number of unbranched alkanes of at least 4 members (excludes halogenated alkanes) is 1. The largest absolute Gasteiger partial charge is 0.459 e. The SMILES string of the molecule is CC(=O)CN1CCN(CC(=O)OC(C)(C)C)CCN(CC(=O)OC(C)(C)C)CCN(C(CCCCNC(=O)OCc2ccccc2)C(C)=O)CC1. The predicted octanol–water partition coefficient (Wildman–Crippen LogP) is 3.53. The lowest BCUT2D eigenvalue weighted by molar-refractivity contribution is -0.158. The lowest BCUT2D eigenvalue weighted by Crippen LogP contribution is -2.51. The normalized spacial score (nSPS) is 17.0. The zero-order valence-corrected chi connectivity index (χ0v) is 32.3. The summed E-state index contributed by atoms with van der Waals surface area (Å²) >= 11 is 0. The predicted molar refractivity (Wildman–Crippen MR) is 196 cm³/mol. The summed E-state index contributed by atoms with van der Waals surface area (Å²) in [5.41, 5.74) is -0.340.